The van der Waals surface area contributed by atoms with Crippen LogP contribution in [0.1, 0.15) is 32.6 Å². The summed E-state index contributed by atoms with van der Waals surface area (Å²) in [6.07, 6.45) is 0.907. The summed E-state index contributed by atoms with van der Waals surface area (Å²) in [5.41, 5.74) is 0. The molecule has 0 radical (unpaired) electrons. The zero-order valence-electron chi connectivity index (χ0n) is 11.3. The van der Waals surface area contributed by atoms with Crippen LogP contribution in [-0.2, 0) is 23.9 Å². The molecule has 2 N–H and O–H groups in total. The Morgan fingerprint density at radius 2 is 1.89 bits per heavy atom. The van der Waals surface area contributed by atoms with Gasteiger partial charge in [-0.3, -0.25) is 9.59 Å². The van der Waals surface area contributed by atoms with E-state index < -0.39 is 23.9 Å². The lowest BCUT2D eigenvalue weighted by atomic mass is 10.1. The summed E-state index contributed by atoms with van der Waals surface area (Å²) in [4.78, 5) is 33.3. The fourth-order valence-corrected chi connectivity index (χ4v) is 1.30. The Bertz CT molecular complexity index is 305. The maximum absolute atomic E-state index is 11.5. The van der Waals surface area contributed by atoms with Gasteiger partial charge in [0.2, 0.25) is 5.91 Å². The van der Waals surface area contributed by atoms with E-state index in [0.717, 1.165) is 6.42 Å². The van der Waals surface area contributed by atoms with E-state index in [-0.39, 0.29) is 25.9 Å². The van der Waals surface area contributed by atoms with Crippen LogP contribution in [0.15, 0.2) is 0 Å². The lowest BCUT2D eigenvalue weighted by Crippen LogP contribution is -2.41. The summed E-state index contributed by atoms with van der Waals surface area (Å²) in [7, 11) is 1.22. The van der Waals surface area contributed by atoms with E-state index in [0.29, 0.717) is 6.61 Å². The largest absolute Gasteiger partial charge is 0.480 e. The summed E-state index contributed by atoms with van der Waals surface area (Å²) in [5, 5.41) is 11.3. The van der Waals surface area contributed by atoms with Crippen LogP contribution in [0, 0.1) is 0 Å². The summed E-state index contributed by atoms with van der Waals surface area (Å²) >= 11 is 0. The molecular formula is C12H21NO6. The topological polar surface area (TPSA) is 102 Å². The molecule has 0 fully saturated rings. The Kier molecular flexibility index (Phi) is 9.42. The first-order valence-corrected chi connectivity index (χ1v) is 6.18. The van der Waals surface area contributed by atoms with Gasteiger partial charge in [0.05, 0.1) is 13.7 Å². The molecule has 0 rings (SSSR count). The molecule has 0 aromatic rings. The van der Waals surface area contributed by atoms with Crippen LogP contribution >= 0.6 is 0 Å². The minimum Gasteiger partial charge on any atom is -0.480 e. The Morgan fingerprint density at radius 1 is 1.21 bits per heavy atom. The number of carboxylic acids is 1. The van der Waals surface area contributed by atoms with Crippen molar-refractivity contribution in [3.8, 4) is 0 Å². The van der Waals surface area contributed by atoms with Gasteiger partial charge in [0, 0.05) is 19.4 Å². The molecule has 0 saturated heterocycles. The van der Waals surface area contributed by atoms with Crippen molar-refractivity contribution in [2.24, 2.45) is 0 Å². The Labute approximate surface area is 112 Å². The van der Waals surface area contributed by atoms with E-state index in [1.54, 1.807) is 0 Å². The molecule has 7 nitrogen and oxygen atoms in total. The fourth-order valence-electron chi connectivity index (χ4n) is 1.30. The molecule has 0 saturated carbocycles. The van der Waals surface area contributed by atoms with Crippen LogP contribution in [0.5, 0.6) is 0 Å². The number of hydrogen-bond donors (Lipinski definition) is 2. The van der Waals surface area contributed by atoms with Gasteiger partial charge in [-0.05, 0) is 12.8 Å². The number of hydrogen-bond acceptors (Lipinski definition) is 5. The molecule has 0 aromatic carbocycles. The number of methoxy groups -OCH3 is 1. The molecule has 0 spiro atoms. The SMILES string of the molecule is CCCOCCC(=O)N[C@@H](CCC(=O)OC)C(=O)O. The number of ether oxygens (including phenoxy) is 2. The number of carbonyl (C=O) groups excluding carboxylic acids is 2. The van der Waals surface area contributed by atoms with E-state index in [9.17, 15) is 14.4 Å². The van der Waals surface area contributed by atoms with E-state index in [1.807, 2.05) is 6.92 Å². The molecule has 110 valence electrons. The average Bonchev–Trinajstić information content (AvgIpc) is 2.38. The first kappa shape index (κ1) is 17.4. The molecule has 0 aromatic heterocycles. The highest BCUT2D eigenvalue weighted by Gasteiger charge is 2.20. The van der Waals surface area contributed by atoms with Gasteiger partial charge in [-0.1, -0.05) is 6.92 Å². The number of carbonyl (C=O) groups is 3. The van der Waals surface area contributed by atoms with Gasteiger partial charge in [0.1, 0.15) is 6.04 Å². The van der Waals surface area contributed by atoms with Crippen LogP contribution in [0.25, 0.3) is 0 Å². The third kappa shape index (κ3) is 9.01. The molecule has 0 bridgehead atoms. The number of nitrogens with one attached hydrogen (secondary N) is 1. The Balaban J connectivity index is 4.01. The van der Waals surface area contributed by atoms with Gasteiger partial charge >= 0.3 is 11.9 Å². The summed E-state index contributed by atoms with van der Waals surface area (Å²) < 4.78 is 9.54. The van der Waals surface area contributed by atoms with Gasteiger partial charge in [0.15, 0.2) is 0 Å². The average molecular weight is 275 g/mol. The highest BCUT2D eigenvalue weighted by Crippen LogP contribution is 2.00. The standard InChI is InChI=1S/C12H21NO6/c1-3-7-19-8-6-10(14)13-9(12(16)17)4-5-11(15)18-2/h9H,3-8H2,1-2H3,(H,13,14)(H,16,17)/t9-/m0/s1. The molecular weight excluding hydrogens is 254 g/mol. The van der Waals surface area contributed by atoms with E-state index >= 15 is 0 Å². The predicted molar refractivity (Wildman–Crippen MR) is 66.5 cm³/mol. The van der Waals surface area contributed by atoms with Crippen molar-refractivity contribution in [3.63, 3.8) is 0 Å². The molecule has 19 heavy (non-hydrogen) atoms. The van der Waals surface area contributed by atoms with Gasteiger partial charge in [-0.15, -0.1) is 0 Å². The Hall–Kier alpha value is -1.63. The molecule has 1 amide bonds. The van der Waals surface area contributed by atoms with Crippen LogP contribution in [0.2, 0.25) is 0 Å². The van der Waals surface area contributed by atoms with Crippen molar-refractivity contribution in [2.75, 3.05) is 20.3 Å². The number of esters is 1. The first-order valence-electron chi connectivity index (χ1n) is 6.18. The van der Waals surface area contributed by atoms with Crippen molar-refractivity contribution in [1.29, 1.82) is 0 Å². The quantitative estimate of drug-likeness (QED) is 0.440. The molecule has 0 aliphatic heterocycles. The lowest BCUT2D eigenvalue weighted by molar-refractivity contribution is -0.144. The molecule has 0 unspecified atom stereocenters. The third-order valence-corrected chi connectivity index (χ3v) is 2.32. The normalized spacial score (nSPS) is 11.7. The molecule has 0 aliphatic carbocycles. The number of amides is 1. The number of rotatable bonds is 10. The third-order valence-electron chi connectivity index (χ3n) is 2.32. The second-order valence-electron chi connectivity index (χ2n) is 3.94. The van der Waals surface area contributed by atoms with E-state index in [2.05, 4.69) is 10.1 Å². The maximum atomic E-state index is 11.5. The molecule has 0 aliphatic rings. The van der Waals surface area contributed by atoms with Crippen molar-refractivity contribution in [2.45, 2.75) is 38.6 Å². The van der Waals surface area contributed by atoms with Crippen molar-refractivity contribution in [1.82, 2.24) is 5.32 Å². The summed E-state index contributed by atoms with van der Waals surface area (Å²) in [5.74, 6) is -2.09. The van der Waals surface area contributed by atoms with Crippen molar-refractivity contribution >= 4 is 17.8 Å². The predicted octanol–water partition coefficient (Wildman–Crippen LogP) is 0.326. The number of carboxylic acid groups (broad SMARTS) is 1. The summed E-state index contributed by atoms with van der Waals surface area (Å²) in [6.45, 7) is 2.77. The summed E-state index contributed by atoms with van der Waals surface area (Å²) in [6, 6.07) is -1.09. The fraction of sp³-hybridized carbons (Fsp3) is 0.750. The molecule has 0 heterocycles. The monoisotopic (exact) mass is 275 g/mol. The Morgan fingerprint density at radius 3 is 2.42 bits per heavy atom. The van der Waals surface area contributed by atoms with Crippen LogP contribution < -0.4 is 5.32 Å². The van der Waals surface area contributed by atoms with Crippen LogP contribution in [0.3, 0.4) is 0 Å². The second kappa shape index (κ2) is 10.3. The molecule has 7 heteroatoms. The van der Waals surface area contributed by atoms with Gasteiger partial charge in [-0.2, -0.15) is 0 Å². The maximum Gasteiger partial charge on any atom is 0.326 e. The number of aliphatic carboxylic acids is 1. The van der Waals surface area contributed by atoms with Crippen LogP contribution in [0.4, 0.5) is 0 Å². The van der Waals surface area contributed by atoms with E-state index in [1.165, 1.54) is 7.11 Å². The van der Waals surface area contributed by atoms with Crippen LogP contribution in [-0.4, -0.2) is 49.3 Å². The van der Waals surface area contributed by atoms with Gasteiger partial charge in [-0.25, -0.2) is 4.79 Å². The van der Waals surface area contributed by atoms with E-state index in [4.69, 9.17) is 9.84 Å². The highest BCUT2D eigenvalue weighted by atomic mass is 16.5. The first-order chi connectivity index (χ1) is 9.01. The minimum absolute atomic E-state index is 0.00354. The van der Waals surface area contributed by atoms with Gasteiger partial charge < -0.3 is 19.9 Å². The smallest absolute Gasteiger partial charge is 0.326 e. The lowest BCUT2D eigenvalue weighted by Gasteiger charge is -2.13. The zero-order chi connectivity index (χ0) is 14.7. The zero-order valence-corrected chi connectivity index (χ0v) is 11.3. The second-order valence-corrected chi connectivity index (χ2v) is 3.94. The van der Waals surface area contributed by atoms with Crippen molar-refractivity contribution in [3.05, 3.63) is 0 Å². The minimum atomic E-state index is -1.17. The highest BCUT2D eigenvalue weighted by molar-refractivity contribution is 5.84. The van der Waals surface area contributed by atoms with Gasteiger partial charge in [0.25, 0.3) is 0 Å². The van der Waals surface area contributed by atoms with Crippen molar-refractivity contribution < 1.29 is 29.0 Å². The molecule has 1 atom stereocenters.